The molecule has 3 nitrogen and oxygen atoms in total. The van der Waals surface area contributed by atoms with Gasteiger partial charge in [-0.05, 0) is 62.6 Å². The molecule has 0 aromatic heterocycles. The molecule has 0 spiro atoms. The van der Waals surface area contributed by atoms with Crippen LogP contribution in [0.5, 0.6) is 11.5 Å². The minimum Gasteiger partial charge on any atom is -0.493 e. The summed E-state index contributed by atoms with van der Waals surface area (Å²) in [7, 11) is 1.69. The van der Waals surface area contributed by atoms with Crippen LogP contribution in [0.15, 0.2) is 30.9 Å². The molecule has 0 heterocycles. The van der Waals surface area contributed by atoms with Gasteiger partial charge >= 0.3 is 0 Å². The van der Waals surface area contributed by atoms with Crippen LogP contribution in [0.2, 0.25) is 0 Å². The van der Waals surface area contributed by atoms with Gasteiger partial charge in [0, 0.05) is 0 Å². The number of ether oxygens (including phenoxy) is 2. The number of methoxy groups -OCH3 is 1. The number of unbranched alkanes of at least 4 members (excludes halogenated alkanes) is 1. The Morgan fingerprint density at radius 1 is 1.23 bits per heavy atom. The molecule has 0 amide bonds. The maximum atomic E-state index is 5.87. The number of allylic oxidation sites excluding steroid dienone is 1. The van der Waals surface area contributed by atoms with Crippen molar-refractivity contribution in [1.29, 1.82) is 0 Å². The number of nitrogens with two attached hydrogens (primary N) is 1. The average Bonchev–Trinajstić information content (AvgIpc) is 3.05. The van der Waals surface area contributed by atoms with E-state index in [0.717, 1.165) is 37.0 Å². The smallest absolute Gasteiger partial charge is 0.161 e. The molecule has 1 saturated carbocycles. The predicted octanol–water partition coefficient (Wildman–Crippen LogP) is 3.09. The third kappa shape index (κ3) is 5.38. The zero-order chi connectivity index (χ0) is 15.6. The van der Waals surface area contributed by atoms with Crippen molar-refractivity contribution >= 4 is 0 Å². The van der Waals surface area contributed by atoms with Gasteiger partial charge in [-0.3, -0.25) is 0 Å². The van der Waals surface area contributed by atoms with Gasteiger partial charge in [-0.25, -0.2) is 0 Å². The van der Waals surface area contributed by atoms with E-state index >= 15 is 0 Å². The number of benzene rings is 1. The molecule has 2 N–H and O–H groups in total. The molecule has 122 valence electrons. The quantitative estimate of drug-likeness (QED) is 0.532. The lowest BCUT2D eigenvalue weighted by atomic mass is 10.1. The van der Waals surface area contributed by atoms with Crippen LogP contribution in [0.3, 0.4) is 0 Å². The largest absolute Gasteiger partial charge is 0.493 e. The van der Waals surface area contributed by atoms with Gasteiger partial charge in [-0.1, -0.05) is 12.1 Å². The van der Waals surface area contributed by atoms with E-state index in [4.69, 9.17) is 9.47 Å². The summed E-state index contributed by atoms with van der Waals surface area (Å²) in [6, 6.07) is 7.00. The zero-order valence-corrected chi connectivity index (χ0v) is 13.9. The van der Waals surface area contributed by atoms with Gasteiger partial charge in [0.1, 0.15) is 0 Å². The molecule has 1 aliphatic carbocycles. The van der Waals surface area contributed by atoms with E-state index in [9.17, 15) is 0 Å². The summed E-state index contributed by atoms with van der Waals surface area (Å²) in [5, 5.41) is 2.53. The Hall–Kier alpha value is -1.48. The van der Waals surface area contributed by atoms with Crippen molar-refractivity contribution in [2.24, 2.45) is 0 Å². The average molecular weight is 304 g/mol. The van der Waals surface area contributed by atoms with Crippen LogP contribution in [-0.4, -0.2) is 26.3 Å². The van der Waals surface area contributed by atoms with Crippen LogP contribution >= 0.6 is 0 Å². The van der Waals surface area contributed by atoms with Gasteiger partial charge < -0.3 is 14.8 Å². The van der Waals surface area contributed by atoms with E-state index in [1.165, 1.54) is 44.2 Å². The van der Waals surface area contributed by atoms with E-state index in [1.807, 2.05) is 18.2 Å². The van der Waals surface area contributed by atoms with Crippen molar-refractivity contribution < 1.29 is 14.8 Å². The monoisotopic (exact) mass is 304 g/mol. The Labute approximate surface area is 134 Å². The standard InChI is InChI=1S/C19H29NO2/c1-3-8-16-11-12-18(19(15-16)21-2)22-14-7-6-13-20-17-9-4-5-10-17/h3,11-12,15,17,20H,1,4-10,13-14H2,2H3/p+1. The molecule has 1 aromatic rings. The molecule has 0 atom stereocenters. The van der Waals surface area contributed by atoms with Crippen molar-refractivity contribution in [3.8, 4) is 11.5 Å². The Morgan fingerprint density at radius 3 is 2.77 bits per heavy atom. The van der Waals surface area contributed by atoms with Gasteiger partial charge in [0.15, 0.2) is 11.5 Å². The van der Waals surface area contributed by atoms with Crippen LogP contribution in [0.1, 0.15) is 44.1 Å². The lowest BCUT2D eigenvalue weighted by molar-refractivity contribution is -0.688. The van der Waals surface area contributed by atoms with Gasteiger partial charge in [-0.2, -0.15) is 0 Å². The lowest BCUT2D eigenvalue weighted by Gasteiger charge is -2.12. The summed E-state index contributed by atoms with van der Waals surface area (Å²) in [4.78, 5) is 0. The first-order chi connectivity index (χ1) is 10.8. The maximum absolute atomic E-state index is 5.87. The number of rotatable bonds is 10. The second-order valence-corrected chi connectivity index (χ2v) is 6.10. The maximum Gasteiger partial charge on any atom is 0.161 e. The van der Waals surface area contributed by atoms with Crippen LogP contribution in [0.4, 0.5) is 0 Å². The van der Waals surface area contributed by atoms with Crippen LogP contribution < -0.4 is 14.8 Å². The Bertz CT molecular complexity index is 453. The molecule has 0 radical (unpaired) electrons. The van der Waals surface area contributed by atoms with Crippen molar-refractivity contribution in [1.82, 2.24) is 0 Å². The van der Waals surface area contributed by atoms with Gasteiger partial charge in [-0.15, -0.1) is 6.58 Å². The molecule has 1 aromatic carbocycles. The van der Waals surface area contributed by atoms with Crippen molar-refractivity contribution in [3.05, 3.63) is 36.4 Å². The van der Waals surface area contributed by atoms with Gasteiger partial charge in [0.2, 0.25) is 0 Å². The minimum atomic E-state index is 0.760. The highest BCUT2D eigenvalue weighted by Gasteiger charge is 2.16. The fraction of sp³-hybridized carbons (Fsp3) is 0.579. The summed E-state index contributed by atoms with van der Waals surface area (Å²) in [5.41, 5.74) is 1.20. The summed E-state index contributed by atoms with van der Waals surface area (Å²) in [5.74, 6) is 1.66. The first-order valence-corrected chi connectivity index (χ1v) is 8.57. The highest BCUT2D eigenvalue weighted by atomic mass is 16.5. The van der Waals surface area contributed by atoms with Gasteiger partial charge in [0.05, 0.1) is 26.3 Å². The van der Waals surface area contributed by atoms with Crippen LogP contribution in [-0.2, 0) is 6.42 Å². The third-order valence-electron chi connectivity index (χ3n) is 4.36. The number of quaternary nitrogens is 1. The van der Waals surface area contributed by atoms with Crippen LogP contribution in [0, 0.1) is 0 Å². The van der Waals surface area contributed by atoms with E-state index in [2.05, 4.69) is 18.0 Å². The van der Waals surface area contributed by atoms with E-state index in [-0.39, 0.29) is 0 Å². The zero-order valence-electron chi connectivity index (χ0n) is 13.9. The first-order valence-electron chi connectivity index (χ1n) is 8.57. The molecule has 0 bridgehead atoms. The Morgan fingerprint density at radius 2 is 2.05 bits per heavy atom. The van der Waals surface area contributed by atoms with E-state index in [1.54, 1.807) is 7.11 Å². The van der Waals surface area contributed by atoms with Crippen LogP contribution in [0.25, 0.3) is 0 Å². The fourth-order valence-corrected chi connectivity index (χ4v) is 3.10. The molecule has 0 saturated heterocycles. The predicted molar refractivity (Wildman–Crippen MR) is 90.7 cm³/mol. The molecule has 1 fully saturated rings. The SMILES string of the molecule is C=CCc1ccc(OCCCC[NH2+]C2CCCC2)c(OC)c1. The van der Waals surface area contributed by atoms with Crippen molar-refractivity contribution in [2.45, 2.75) is 51.0 Å². The topological polar surface area (TPSA) is 35.1 Å². The number of hydrogen-bond acceptors (Lipinski definition) is 2. The summed E-state index contributed by atoms with van der Waals surface area (Å²) < 4.78 is 11.3. The fourth-order valence-electron chi connectivity index (χ4n) is 3.10. The highest BCUT2D eigenvalue weighted by molar-refractivity contribution is 5.43. The minimum absolute atomic E-state index is 0.760. The number of hydrogen-bond donors (Lipinski definition) is 1. The highest BCUT2D eigenvalue weighted by Crippen LogP contribution is 2.28. The molecular formula is C19H30NO2+. The second kappa shape index (κ2) is 9.52. The molecular weight excluding hydrogens is 274 g/mol. The van der Waals surface area contributed by atoms with Crippen molar-refractivity contribution in [3.63, 3.8) is 0 Å². The van der Waals surface area contributed by atoms with Gasteiger partial charge in [0.25, 0.3) is 0 Å². The molecule has 22 heavy (non-hydrogen) atoms. The summed E-state index contributed by atoms with van der Waals surface area (Å²) in [6.45, 7) is 5.75. The molecule has 1 aliphatic rings. The molecule has 0 unspecified atom stereocenters. The van der Waals surface area contributed by atoms with Crippen molar-refractivity contribution in [2.75, 3.05) is 20.3 Å². The molecule has 3 heteroatoms. The van der Waals surface area contributed by atoms with E-state index < -0.39 is 0 Å². The third-order valence-corrected chi connectivity index (χ3v) is 4.36. The second-order valence-electron chi connectivity index (χ2n) is 6.10. The first kappa shape index (κ1) is 16.9. The molecule has 0 aliphatic heterocycles. The Kier molecular flexibility index (Phi) is 7.31. The Balaban J connectivity index is 1.66. The molecule has 2 rings (SSSR count). The van der Waals surface area contributed by atoms with E-state index in [0.29, 0.717) is 0 Å². The summed E-state index contributed by atoms with van der Waals surface area (Å²) in [6.07, 6.45) is 10.7. The summed E-state index contributed by atoms with van der Waals surface area (Å²) >= 11 is 0. The lowest BCUT2D eigenvalue weighted by Crippen LogP contribution is -2.89. The normalized spacial score (nSPS) is 15.0.